The first-order chi connectivity index (χ1) is 8.41. The van der Waals surface area contributed by atoms with Gasteiger partial charge in [0.1, 0.15) is 23.2 Å². The molecule has 5 heteroatoms. The van der Waals surface area contributed by atoms with Crippen molar-refractivity contribution in [1.82, 2.24) is 9.55 Å². The van der Waals surface area contributed by atoms with Crippen LogP contribution in [-0.2, 0) is 0 Å². The fraction of sp³-hybridized carbons (Fsp3) is 0.308. The third kappa shape index (κ3) is 2.14. The molecule has 0 atom stereocenters. The molecule has 0 aliphatic heterocycles. The van der Waals surface area contributed by atoms with E-state index < -0.39 is 0 Å². The van der Waals surface area contributed by atoms with Crippen molar-refractivity contribution in [3.8, 4) is 11.3 Å². The normalized spacial score (nSPS) is 11.2. The number of aromatic nitrogens is 2. The Kier molecular flexibility index (Phi) is 3.43. The Morgan fingerprint density at radius 2 is 2.06 bits per heavy atom. The molecule has 1 aromatic heterocycles. The van der Waals surface area contributed by atoms with Gasteiger partial charge in [0.15, 0.2) is 0 Å². The summed E-state index contributed by atoms with van der Waals surface area (Å²) in [5.41, 5.74) is 7.62. The van der Waals surface area contributed by atoms with Crippen LogP contribution in [0.2, 0.25) is 0 Å². The van der Waals surface area contributed by atoms with Gasteiger partial charge in [-0.25, -0.2) is 9.37 Å². The van der Waals surface area contributed by atoms with Crippen molar-refractivity contribution in [3.63, 3.8) is 0 Å². The summed E-state index contributed by atoms with van der Waals surface area (Å²) in [7, 11) is 0. The van der Waals surface area contributed by atoms with Gasteiger partial charge in [0, 0.05) is 16.1 Å². The lowest BCUT2D eigenvalue weighted by atomic mass is 10.1. The number of halogens is 2. The number of hydrogen-bond acceptors (Lipinski definition) is 2. The molecule has 96 valence electrons. The molecule has 0 bridgehead atoms. The van der Waals surface area contributed by atoms with Gasteiger partial charge >= 0.3 is 0 Å². The van der Waals surface area contributed by atoms with E-state index in [1.807, 2.05) is 11.5 Å². The number of nitrogens with two attached hydrogens (primary N) is 1. The van der Waals surface area contributed by atoms with Gasteiger partial charge < -0.3 is 10.3 Å². The lowest BCUT2D eigenvalue weighted by Gasteiger charge is -2.11. The molecule has 1 heterocycles. The van der Waals surface area contributed by atoms with E-state index in [9.17, 15) is 4.39 Å². The van der Waals surface area contributed by atoms with Crippen molar-refractivity contribution < 1.29 is 4.39 Å². The van der Waals surface area contributed by atoms with Crippen LogP contribution < -0.4 is 5.73 Å². The summed E-state index contributed by atoms with van der Waals surface area (Å²) < 4.78 is 15.7. The molecule has 2 rings (SSSR count). The van der Waals surface area contributed by atoms with Crippen molar-refractivity contribution in [2.75, 3.05) is 5.73 Å². The SMILES string of the molecule is Cc1nc(-c2ccc(F)cc2Br)c(N)n1C(C)C. The Bertz CT molecular complexity index is 590. The molecule has 0 aliphatic rings. The van der Waals surface area contributed by atoms with E-state index >= 15 is 0 Å². The van der Waals surface area contributed by atoms with Gasteiger partial charge in [0.25, 0.3) is 0 Å². The van der Waals surface area contributed by atoms with E-state index in [1.165, 1.54) is 12.1 Å². The maximum atomic E-state index is 13.1. The van der Waals surface area contributed by atoms with Gasteiger partial charge in [-0.2, -0.15) is 0 Å². The van der Waals surface area contributed by atoms with Crippen LogP contribution in [0.3, 0.4) is 0 Å². The zero-order valence-electron chi connectivity index (χ0n) is 10.5. The van der Waals surface area contributed by atoms with Crippen LogP contribution in [-0.4, -0.2) is 9.55 Å². The molecule has 0 fully saturated rings. The number of nitrogens with zero attached hydrogens (tertiary/aromatic N) is 2. The smallest absolute Gasteiger partial charge is 0.132 e. The summed E-state index contributed by atoms with van der Waals surface area (Å²) in [6.07, 6.45) is 0. The van der Waals surface area contributed by atoms with Crippen LogP contribution in [0.1, 0.15) is 25.7 Å². The van der Waals surface area contributed by atoms with E-state index in [0.29, 0.717) is 16.0 Å². The van der Waals surface area contributed by atoms with Crippen molar-refractivity contribution >= 4 is 21.7 Å². The molecule has 3 nitrogen and oxygen atoms in total. The lowest BCUT2D eigenvalue weighted by molar-refractivity contribution is 0.590. The van der Waals surface area contributed by atoms with Crippen molar-refractivity contribution in [2.24, 2.45) is 0 Å². The van der Waals surface area contributed by atoms with Gasteiger partial charge in [-0.05, 0) is 54.9 Å². The Labute approximate surface area is 114 Å². The van der Waals surface area contributed by atoms with Gasteiger partial charge in [-0.3, -0.25) is 0 Å². The number of anilines is 1. The van der Waals surface area contributed by atoms with Crippen LogP contribution in [0.25, 0.3) is 11.3 Å². The molecule has 1 aromatic carbocycles. The molecule has 18 heavy (non-hydrogen) atoms. The second-order valence-corrected chi connectivity index (χ2v) is 5.34. The maximum Gasteiger partial charge on any atom is 0.132 e. The third-order valence-electron chi connectivity index (χ3n) is 2.83. The minimum absolute atomic E-state index is 0.241. The van der Waals surface area contributed by atoms with Crippen LogP contribution in [0.15, 0.2) is 22.7 Å². The zero-order valence-corrected chi connectivity index (χ0v) is 12.1. The number of aryl methyl sites for hydroxylation is 1. The third-order valence-corrected chi connectivity index (χ3v) is 3.48. The highest BCUT2D eigenvalue weighted by Gasteiger charge is 2.17. The molecule has 0 saturated carbocycles. The first-order valence-corrected chi connectivity index (χ1v) is 6.50. The Hall–Kier alpha value is -1.36. The van der Waals surface area contributed by atoms with E-state index in [0.717, 1.165) is 11.4 Å². The van der Waals surface area contributed by atoms with Crippen molar-refractivity contribution in [1.29, 1.82) is 0 Å². The number of nitrogen functional groups attached to an aromatic ring is 1. The second kappa shape index (κ2) is 4.72. The Balaban J connectivity index is 2.62. The molecule has 0 radical (unpaired) electrons. The second-order valence-electron chi connectivity index (χ2n) is 4.48. The maximum absolute atomic E-state index is 13.1. The van der Waals surface area contributed by atoms with Crippen LogP contribution in [0.4, 0.5) is 10.2 Å². The summed E-state index contributed by atoms with van der Waals surface area (Å²) in [4.78, 5) is 4.48. The standard InChI is InChI=1S/C13H15BrFN3/c1-7(2)18-8(3)17-12(13(18)16)10-5-4-9(15)6-11(10)14/h4-7H,16H2,1-3H3. The van der Waals surface area contributed by atoms with E-state index in [-0.39, 0.29) is 11.9 Å². The van der Waals surface area contributed by atoms with Gasteiger partial charge in [0.05, 0.1) is 0 Å². The summed E-state index contributed by atoms with van der Waals surface area (Å²) in [5.74, 6) is 1.17. The zero-order chi connectivity index (χ0) is 13.4. The molecule has 0 saturated heterocycles. The molecule has 0 amide bonds. The number of rotatable bonds is 2. The van der Waals surface area contributed by atoms with Gasteiger partial charge in [-0.1, -0.05) is 0 Å². The average Bonchev–Trinajstić information content (AvgIpc) is 2.54. The Morgan fingerprint density at radius 3 is 2.56 bits per heavy atom. The summed E-state index contributed by atoms with van der Waals surface area (Å²) in [6.45, 7) is 6.01. The average molecular weight is 312 g/mol. The van der Waals surface area contributed by atoms with E-state index in [2.05, 4.69) is 34.8 Å². The quantitative estimate of drug-likeness (QED) is 0.913. The Morgan fingerprint density at radius 1 is 1.39 bits per heavy atom. The largest absolute Gasteiger partial charge is 0.383 e. The molecule has 2 aromatic rings. The van der Waals surface area contributed by atoms with Crippen LogP contribution in [0, 0.1) is 12.7 Å². The minimum Gasteiger partial charge on any atom is -0.383 e. The lowest BCUT2D eigenvalue weighted by Crippen LogP contribution is -2.07. The van der Waals surface area contributed by atoms with Crippen LogP contribution >= 0.6 is 15.9 Å². The monoisotopic (exact) mass is 311 g/mol. The number of benzene rings is 1. The number of imidazole rings is 1. The highest BCUT2D eigenvalue weighted by molar-refractivity contribution is 9.10. The van der Waals surface area contributed by atoms with Gasteiger partial charge in [-0.15, -0.1) is 0 Å². The molecular formula is C13H15BrFN3. The van der Waals surface area contributed by atoms with Crippen molar-refractivity contribution in [3.05, 3.63) is 34.3 Å². The summed E-state index contributed by atoms with van der Waals surface area (Å²) >= 11 is 3.34. The molecule has 0 unspecified atom stereocenters. The van der Waals surface area contributed by atoms with Crippen LogP contribution in [0.5, 0.6) is 0 Å². The summed E-state index contributed by atoms with van der Waals surface area (Å²) in [6, 6.07) is 4.75. The van der Waals surface area contributed by atoms with Gasteiger partial charge in [0.2, 0.25) is 0 Å². The highest BCUT2D eigenvalue weighted by Crippen LogP contribution is 2.33. The first kappa shape index (κ1) is 13.1. The summed E-state index contributed by atoms with van der Waals surface area (Å²) in [5, 5.41) is 0. The van der Waals surface area contributed by atoms with E-state index in [1.54, 1.807) is 6.07 Å². The highest BCUT2D eigenvalue weighted by atomic mass is 79.9. The molecular weight excluding hydrogens is 297 g/mol. The fourth-order valence-electron chi connectivity index (χ4n) is 2.09. The van der Waals surface area contributed by atoms with Crippen molar-refractivity contribution in [2.45, 2.75) is 26.8 Å². The first-order valence-electron chi connectivity index (χ1n) is 5.71. The molecule has 0 spiro atoms. The molecule has 0 aliphatic carbocycles. The predicted octanol–water partition coefficient (Wildman–Crippen LogP) is 3.92. The fourth-order valence-corrected chi connectivity index (χ4v) is 2.63. The molecule has 2 N–H and O–H groups in total. The van der Waals surface area contributed by atoms with E-state index in [4.69, 9.17) is 5.73 Å². The predicted molar refractivity (Wildman–Crippen MR) is 74.9 cm³/mol. The topological polar surface area (TPSA) is 43.8 Å². The minimum atomic E-state index is -0.288. The number of hydrogen-bond donors (Lipinski definition) is 1.